The van der Waals surface area contributed by atoms with E-state index in [-0.39, 0.29) is 11.5 Å². The second-order valence-electron chi connectivity index (χ2n) is 4.46. The molecule has 6 heteroatoms. The summed E-state index contributed by atoms with van der Waals surface area (Å²) >= 11 is 0. The fraction of sp³-hybridized carbons (Fsp3) is 0.0714. The molecule has 0 bridgehead atoms. The van der Waals surface area contributed by atoms with Crippen LogP contribution in [0.1, 0.15) is 0 Å². The fourth-order valence-corrected chi connectivity index (χ4v) is 2.27. The summed E-state index contributed by atoms with van der Waals surface area (Å²) in [6.07, 6.45) is 3.27. The van der Waals surface area contributed by atoms with E-state index in [9.17, 15) is 8.78 Å². The molecule has 4 nitrogen and oxygen atoms in total. The van der Waals surface area contributed by atoms with E-state index in [1.54, 1.807) is 17.3 Å². The van der Waals surface area contributed by atoms with Crippen molar-refractivity contribution in [1.82, 2.24) is 5.32 Å². The highest BCUT2D eigenvalue weighted by Crippen LogP contribution is 2.34. The number of dihydropyridines is 1. The molecule has 3 N–H and O–H groups in total. The standard InChI is InChI=1S/C14H10F2N4/c15-11-2-1-3-12(13(11)16)20-6-8-5-19-14(18)9(4-17)10(8)7-20/h1-3,5,7,19H,6,18H2. The minimum absolute atomic E-state index is 0.128. The fourth-order valence-electron chi connectivity index (χ4n) is 2.27. The van der Waals surface area contributed by atoms with E-state index < -0.39 is 11.6 Å². The molecule has 0 saturated carbocycles. The number of rotatable bonds is 1. The maximum atomic E-state index is 13.8. The lowest BCUT2D eigenvalue weighted by Crippen LogP contribution is -2.23. The summed E-state index contributed by atoms with van der Waals surface area (Å²) in [6.45, 7) is 0.348. The summed E-state index contributed by atoms with van der Waals surface area (Å²) in [4.78, 5) is 1.55. The maximum Gasteiger partial charge on any atom is 0.182 e. The number of fused-ring (bicyclic) bond motifs is 1. The summed E-state index contributed by atoms with van der Waals surface area (Å²) in [6, 6.07) is 6.00. The van der Waals surface area contributed by atoms with E-state index >= 15 is 0 Å². The summed E-state index contributed by atoms with van der Waals surface area (Å²) in [7, 11) is 0. The van der Waals surface area contributed by atoms with E-state index in [0.29, 0.717) is 17.7 Å². The van der Waals surface area contributed by atoms with Gasteiger partial charge in [0.1, 0.15) is 17.5 Å². The number of nitrogens with one attached hydrogen (secondary N) is 1. The van der Waals surface area contributed by atoms with Crippen molar-refractivity contribution >= 4 is 5.69 Å². The Bertz CT molecular complexity index is 725. The highest BCUT2D eigenvalue weighted by Gasteiger charge is 2.28. The van der Waals surface area contributed by atoms with Crippen LogP contribution in [-0.2, 0) is 0 Å². The van der Waals surface area contributed by atoms with Crippen molar-refractivity contribution < 1.29 is 8.78 Å². The third kappa shape index (κ3) is 1.72. The van der Waals surface area contributed by atoms with Gasteiger partial charge in [-0.25, -0.2) is 8.78 Å². The predicted molar refractivity (Wildman–Crippen MR) is 69.8 cm³/mol. The first-order valence-corrected chi connectivity index (χ1v) is 5.90. The average molecular weight is 272 g/mol. The van der Waals surface area contributed by atoms with Gasteiger partial charge in [0.05, 0.1) is 5.69 Å². The van der Waals surface area contributed by atoms with Crippen LogP contribution in [0.2, 0.25) is 0 Å². The van der Waals surface area contributed by atoms with E-state index in [4.69, 9.17) is 11.0 Å². The Morgan fingerprint density at radius 1 is 1.35 bits per heavy atom. The lowest BCUT2D eigenvalue weighted by Gasteiger charge is -2.17. The third-order valence-corrected chi connectivity index (χ3v) is 3.26. The molecule has 1 aromatic carbocycles. The smallest absolute Gasteiger partial charge is 0.182 e. The molecule has 0 aliphatic carbocycles. The number of halogens is 2. The summed E-state index contributed by atoms with van der Waals surface area (Å²) < 4.78 is 27.1. The summed E-state index contributed by atoms with van der Waals surface area (Å²) in [5, 5.41) is 11.9. The summed E-state index contributed by atoms with van der Waals surface area (Å²) in [5.41, 5.74) is 7.56. The van der Waals surface area contributed by atoms with Crippen LogP contribution in [0.25, 0.3) is 0 Å². The zero-order valence-electron chi connectivity index (χ0n) is 10.3. The van der Waals surface area contributed by atoms with Gasteiger partial charge in [0, 0.05) is 24.5 Å². The average Bonchev–Trinajstić information content (AvgIpc) is 2.85. The Morgan fingerprint density at radius 2 is 2.15 bits per heavy atom. The van der Waals surface area contributed by atoms with Crippen molar-refractivity contribution in [2.45, 2.75) is 0 Å². The van der Waals surface area contributed by atoms with Crippen molar-refractivity contribution in [1.29, 1.82) is 5.26 Å². The lowest BCUT2D eigenvalue weighted by atomic mass is 10.0. The number of anilines is 1. The number of hydrogen-bond donors (Lipinski definition) is 2. The maximum absolute atomic E-state index is 13.8. The highest BCUT2D eigenvalue weighted by molar-refractivity contribution is 5.67. The van der Waals surface area contributed by atoms with Crippen molar-refractivity contribution in [3.63, 3.8) is 0 Å². The van der Waals surface area contributed by atoms with Crippen LogP contribution >= 0.6 is 0 Å². The minimum atomic E-state index is -0.910. The molecule has 0 spiro atoms. The van der Waals surface area contributed by atoms with Crippen molar-refractivity contribution in [2.75, 3.05) is 11.4 Å². The van der Waals surface area contributed by atoms with Crippen LogP contribution in [0.5, 0.6) is 0 Å². The van der Waals surface area contributed by atoms with Crippen LogP contribution in [0.3, 0.4) is 0 Å². The molecule has 0 saturated heterocycles. The van der Waals surface area contributed by atoms with Gasteiger partial charge >= 0.3 is 0 Å². The van der Waals surface area contributed by atoms with E-state index in [1.807, 2.05) is 6.07 Å². The number of allylic oxidation sites excluding steroid dienone is 1. The number of nitrogens with zero attached hydrogens (tertiary/aromatic N) is 2. The minimum Gasteiger partial charge on any atom is -0.384 e. The molecule has 0 radical (unpaired) electrons. The normalized spacial score (nSPS) is 17.1. The van der Waals surface area contributed by atoms with Gasteiger partial charge in [-0.15, -0.1) is 0 Å². The SMILES string of the molecule is N#CC1=C(N)NC=C2CN(c3cccc(F)c3F)C=C21. The van der Waals surface area contributed by atoms with Crippen molar-refractivity contribution in [2.24, 2.45) is 5.73 Å². The molecule has 0 atom stereocenters. The Balaban J connectivity index is 2.05. The number of benzene rings is 1. The first kappa shape index (κ1) is 12.2. The molecule has 1 aromatic rings. The van der Waals surface area contributed by atoms with Gasteiger partial charge in [-0.1, -0.05) is 6.07 Å². The van der Waals surface area contributed by atoms with Gasteiger partial charge in [-0.3, -0.25) is 0 Å². The Hall–Kier alpha value is -2.81. The molecule has 2 aliphatic heterocycles. The van der Waals surface area contributed by atoms with Gasteiger partial charge in [0.25, 0.3) is 0 Å². The Morgan fingerprint density at radius 3 is 2.90 bits per heavy atom. The quantitative estimate of drug-likeness (QED) is 0.819. The molecular formula is C14H10F2N4. The van der Waals surface area contributed by atoms with Gasteiger partial charge in [0.2, 0.25) is 0 Å². The first-order valence-electron chi connectivity index (χ1n) is 5.90. The molecule has 0 unspecified atom stereocenters. The Labute approximate surface area is 114 Å². The topological polar surface area (TPSA) is 65.1 Å². The lowest BCUT2D eigenvalue weighted by molar-refractivity contribution is 0.509. The van der Waals surface area contributed by atoms with E-state index in [1.165, 1.54) is 12.1 Å². The van der Waals surface area contributed by atoms with Crippen LogP contribution in [0.15, 0.2) is 53.1 Å². The molecule has 3 rings (SSSR count). The predicted octanol–water partition coefficient (Wildman–Crippen LogP) is 1.85. The molecular weight excluding hydrogens is 262 g/mol. The molecule has 2 aliphatic rings. The molecule has 0 fully saturated rings. The molecule has 0 amide bonds. The van der Waals surface area contributed by atoms with Gasteiger partial charge in [-0.2, -0.15) is 5.26 Å². The van der Waals surface area contributed by atoms with Crippen molar-refractivity contribution in [3.8, 4) is 6.07 Å². The van der Waals surface area contributed by atoms with Crippen LogP contribution in [0.4, 0.5) is 14.5 Å². The second-order valence-corrected chi connectivity index (χ2v) is 4.46. The van der Waals surface area contributed by atoms with Crippen LogP contribution in [0, 0.1) is 23.0 Å². The van der Waals surface area contributed by atoms with Crippen LogP contribution < -0.4 is 16.0 Å². The molecule has 2 heterocycles. The molecule has 0 aromatic heterocycles. The zero-order chi connectivity index (χ0) is 14.3. The van der Waals surface area contributed by atoms with Crippen molar-refractivity contribution in [3.05, 3.63) is 64.8 Å². The third-order valence-electron chi connectivity index (χ3n) is 3.26. The Kier molecular flexibility index (Phi) is 2.68. The molecule has 100 valence electrons. The van der Waals surface area contributed by atoms with E-state index in [0.717, 1.165) is 11.6 Å². The van der Waals surface area contributed by atoms with E-state index in [2.05, 4.69) is 5.32 Å². The van der Waals surface area contributed by atoms with Gasteiger partial charge in [-0.05, 0) is 17.7 Å². The molecule has 20 heavy (non-hydrogen) atoms. The monoisotopic (exact) mass is 272 g/mol. The van der Waals surface area contributed by atoms with Gasteiger partial charge < -0.3 is 16.0 Å². The number of nitriles is 1. The van der Waals surface area contributed by atoms with Gasteiger partial charge in [0.15, 0.2) is 11.6 Å². The zero-order valence-corrected chi connectivity index (χ0v) is 10.3. The number of hydrogen-bond acceptors (Lipinski definition) is 4. The van der Waals surface area contributed by atoms with Crippen LogP contribution in [-0.4, -0.2) is 6.54 Å². The first-order chi connectivity index (χ1) is 9.61. The second kappa shape index (κ2) is 4.38. The summed E-state index contributed by atoms with van der Waals surface area (Å²) in [5.74, 6) is -1.56. The number of nitrogens with two attached hydrogens (primary N) is 1. The largest absolute Gasteiger partial charge is 0.384 e. The highest BCUT2D eigenvalue weighted by atomic mass is 19.2.